The van der Waals surface area contributed by atoms with Crippen molar-refractivity contribution in [3.63, 3.8) is 0 Å². The summed E-state index contributed by atoms with van der Waals surface area (Å²) < 4.78 is 0. The lowest BCUT2D eigenvalue weighted by atomic mass is 9.64. The normalized spacial score (nSPS) is 14.5. The van der Waals surface area contributed by atoms with Crippen LogP contribution in [0.25, 0.3) is 0 Å². The summed E-state index contributed by atoms with van der Waals surface area (Å²) in [5.74, 6) is -0.0766. The van der Waals surface area contributed by atoms with Crippen LogP contribution in [0, 0.1) is 10.8 Å². The molecule has 0 spiro atoms. The van der Waals surface area contributed by atoms with Crippen LogP contribution >= 0.6 is 0 Å². The highest BCUT2D eigenvalue weighted by Crippen LogP contribution is 2.41. The van der Waals surface area contributed by atoms with Gasteiger partial charge in [0.1, 0.15) is 0 Å². The lowest BCUT2D eigenvalue weighted by Crippen LogP contribution is -2.61. The van der Waals surface area contributed by atoms with Crippen LogP contribution in [0.1, 0.15) is 90.0 Å². The van der Waals surface area contributed by atoms with Gasteiger partial charge < -0.3 is 20.8 Å². The van der Waals surface area contributed by atoms with Gasteiger partial charge in [-0.05, 0) is 62.4 Å². The molecule has 5 nitrogen and oxygen atoms in total. The lowest BCUT2D eigenvalue weighted by Gasteiger charge is -2.49. The molecule has 0 radical (unpaired) electrons. The average Bonchev–Trinajstić information content (AvgIpc) is 2.34. The molecule has 26 heavy (non-hydrogen) atoms. The van der Waals surface area contributed by atoms with E-state index < -0.39 is 22.2 Å². The fraction of sp³-hybridized carbons (Fsp3) is 0.952. The number of carbonyl (C=O) groups excluding carboxylic acids is 1. The summed E-state index contributed by atoms with van der Waals surface area (Å²) in [6, 6.07) is 0. The molecule has 0 aliphatic rings. The molecule has 0 heterocycles. The molecule has 0 saturated heterocycles. The van der Waals surface area contributed by atoms with E-state index in [1.807, 2.05) is 48.6 Å². The summed E-state index contributed by atoms with van der Waals surface area (Å²) in [5.41, 5.74) is -2.64. The SMILES string of the molecule is CC(=O)NC(C)(C)C(C)(C)C(C)(C)O.CNC(C)(C)C(C)(C)C(C)(C)O. The zero-order valence-electron chi connectivity index (χ0n) is 19.8. The Bertz CT molecular complexity index is 465. The Morgan fingerprint density at radius 2 is 0.923 bits per heavy atom. The van der Waals surface area contributed by atoms with E-state index in [1.54, 1.807) is 13.8 Å². The van der Waals surface area contributed by atoms with E-state index in [-0.39, 0.29) is 16.9 Å². The highest BCUT2D eigenvalue weighted by molar-refractivity contribution is 5.73. The Labute approximate surface area is 162 Å². The molecule has 0 aromatic rings. The third-order valence-corrected chi connectivity index (χ3v) is 7.30. The fourth-order valence-electron chi connectivity index (χ4n) is 2.44. The van der Waals surface area contributed by atoms with Gasteiger partial charge in [0.25, 0.3) is 0 Å². The van der Waals surface area contributed by atoms with Crippen molar-refractivity contribution in [2.75, 3.05) is 7.05 Å². The quantitative estimate of drug-likeness (QED) is 0.574. The Hall–Kier alpha value is -0.650. The van der Waals surface area contributed by atoms with Gasteiger partial charge in [-0.25, -0.2) is 0 Å². The van der Waals surface area contributed by atoms with Crippen LogP contribution in [0.5, 0.6) is 0 Å². The van der Waals surface area contributed by atoms with Crippen LogP contribution in [0.15, 0.2) is 0 Å². The van der Waals surface area contributed by atoms with Crippen molar-refractivity contribution < 1.29 is 15.0 Å². The standard InChI is InChI=1S/C11H23NO2.C10H23NO/c1-8(13)12-10(4,5)9(2,3)11(6,7)14;1-8(2,10(5,6)12)9(3,4)11-7/h14H,1-7H3,(H,12,13);11-12H,1-7H3. The van der Waals surface area contributed by atoms with Gasteiger partial charge in [0, 0.05) is 28.8 Å². The number of hydrogen-bond donors (Lipinski definition) is 4. The lowest BCUT2D eigenvalue weighted by molar-refractivity contribution is -0.127. The van der Waals surface area contributed by atoms with E-state index in [0.717, 1.165) is 0 Å². The Kier molecular flexibility index (Phi) is 8.65. The predicted octanol–water partition coefficient (Wildman–Crippen LogP) is 3.48. The van der Waals surface area contributed by atoms with E-state index in [1.165, 1.54) is 6.92 Å². The zero-order chi connectivity index (χ0) is 22.0. The molecule has 4 N–H and O–H groups in total. The summed E-state index contributed by atoms with van der Waals surface area (Å²) in [4.78, 5) is 11.0. The van der Waals surface area contributed by atoms with Crippen molar-refractivity contribution in [3.05, 3.63) is 0 Å². The maximum Gasteiger partial charge on any atom is 0.217 e. The van der Waals surface area contributed by atoms with Crippen molar-refractivity contribution >= 4 is 5.91 Å². The molecule has 0 rings (SSSR count). The minimum atomic E-state index is -0.848. The molecule has 0 unspecified atom stereocenters. The van der Waals surface area contributed by atoms with Crippen molar-refractivity contribution in [1.29, 1.82) is 0 Å². The van der Waals surface area contributed by atoms with Crippen LogP contribution in [-0.4, -0.2) is 45.4 Å². The highest BCUT2D eigenvalue weighted by Gasteiger charge is 2.48. The molecule has 158 valence electrons. The van der Waals surface area contributed by atoms with E-state index in [4.69, 9.17) is 0 Å². The molecule has 0 bridgehead atoms. The van der Waals surface area contributed by atoms with Gasteiger partial charge in [-0.15, -0.1) is 0 Å². The molecule has 5 heteroatoms. The molecule has 0 saturated carbocycles. The maximum atomic E-state index is 11.0. The number of rotatable bonds is 6. The van der Waals surface area contributed by atoms with Crippen molar-refractivity contribution in [2.45, 2.75) is 112 Å². The van der Waals surface area contributed by atoms with Gasteiger partial charge in [-0.3, -0.25) is 4.79 Å². The summed E-state index contributed by atoms with van der Waals surface area (Å²) >= 11 is 0. The van der Waals surface area contributed by atoms with Gasteiger partial charge in [-0.1, -0.05) is 27.7 Å². The molecular weight excluding hydrogens is 328 g/mol. The maximum absolute atomic E-state index is 11.0. The Morgan fingerprint density at radius 1 is 0.654 bits per heavy atom. The molecule has 0 atom stereocenters. The molecule has 0 aromatic heterocycles. The highest BCUT2D eigenvalue weighted by atomic mass is 16.3. The van der Waals surface area contributed by atoms with Crippen LogP contribution in [0.2, 0.25) is 0 Å². The second-order valence-corrected chi connectivity index (χ2v) is 10.5. The van der Waals surface area contributed by atoms with Crippen molar-refractivity contribution in [1.82, 2.24) is 10.6 Å². The Balaban J connectivity index is 0. The average molecular weight is 375 g/mol. The number of aliphatic hydroxyl groups is 2. The monoisotopic (exact) mass is 374 g/mol. The topological polar surface area (TPSA) is 81.6 Å². The first-order chi connectivity index (χ1) is 11.0. The number of hydrogen-bond acceptors (Lipinski definition) is 4. The Morgan fingerprint density at radius 3 is 1.08 bits per heavy atom. The van der Waals surface area contributed by atoms with Gasteiger partial charge in [0.05, 0.1) is 11.2 Å². The minimum absolute atomic E-state index is 0.0766. The van der Waals surface area contributed by atoms with E-state index in [0.29, 0.717) is 0 Å². The molecule has 0 fully saturated rings. The fourth-order valence-corrected chi connectivity index (χ4v) is 2.44. The van der Waals surface area contributed by atoms with Gasteiger partial charge in [-0.2, -0.15) is 0 Å². The van der Waals surface area contributed by atoms with Crippen LogP contribution < -0.4 is 10.6 Å². The second-order valence-electron chi connectivity index (χ2n) is 10.5. The third-order valence-electron chi connectivity index (χ3n) is 7.30. The first-order valence-electron chi connectivity index (χ1n) is 9.40. The van der Waals surface area contributed by atoms with Gasteiger partial charge in [0.15, 0.2) is 0 Å². The first kappa shape index (κ1) is 27.6. The molecular formula is C21H46N2O3. The largest absolute Gasteiger partial charge is 0.390 e. The number of carbonyl (C=O) groups is 1. The van der Waals surface area contributed by atoms with Crippen LogP contribution in [-0.2, 0) is 4.79 Å². The van der Waals surface area contributed by atoms with Gasteiger partial charge in [0.2, 0.25) is 5.91 Å². The molecule has 0 aliphatic heterocycles. The van der Waals surface area contributed by atoms with Gasteiger partial charge >= 0.3 is 0 Å². The minimum Gasteiger partial charge on any atom is -0.390 e. The van der Waals surface area contributed by atoms with Crippen LogP contribution in [0.3, 0.4) is 0 Å². The third kappa shape index (κ3) is 6.21. The molecule has 0 aliphatic carbocycles. The molecule has 0 aromatic carbocycles. The second kappa shape index (κ2) is 8.15. The van der Waals surface area contributed by atoms with E-state index in [9.17, 15) is 15.0 Å². The zero-order valence-corrected chi connectivity index (χ0v) is 19.8. The predicted molar refractivity (Wildman–Crippen MR) is 111 cm³/mol. The van der Waals surface area contributed by atoms with Crippen molar-refractivity contribution in [2.24, 2.45) is 10.8 Å². The number of nitrogens with one attached hydrogen (secondary N) is 2. The smallest absolute Gasteiger partial charge is 0.217 e. The first-order valence-corrected chi connectivity index (χ1v) is 9.40. The van der Waals surface area contributed by atoms with Crippen LogP contribution in [0.4, 0.5) is 0 Å². The number of amides is 1. The summed E-state index contributed by atoms with van der Waals surface area (Å²) in [6.07, 6.45) is 0. The van der Waals surface area contributed by atoms with Crippen molar-refractivity contribution in [3.8, 4) is 0 Å². The molecule has 1 amide bonds. The summed E-state index contributed by atoms with van der Waals surface area (Å²) in [7, 11) is 1.92. The van der Waals surface area contributed by atoms with E-state index >= 15 is 0 Å². The summed E-state index contributed by atoms with van der Waals surface area (Å²) in [6.45, 7) is 24.8. The summed E-state index contributed by atoms with van der Waals surface area (Å²) in [5, 5.41) is 26.1. The van der Waals surface area contributed by atoms with E-state index in [2.05, 4.69) is 38.3 Å².